The summed E-state index contributed by atoms with van der Waals surface area (Å²) in [6.07, 6.45) is 2.83. The number of aromatic nitrogens is 1. The van der Waals surface area contributed by atoms with E-state index in [1.807, 2.05) is 36.9 Å². The normalized spacial score (nSPS) is 17.5. The Bertz CT molecular complexity index is 647. The Morgan fingerprint density at radius 3 is 2.83 bits per heavy atom. The number of nitrogens with one attached hydrogen (secondary N) is 1. The van der Waals surface area contributed by atoms with Gasteiger partial charge in [-0.3, -0.25) is 0 Å². The minimum atomic E-state index is 0.00318. The number of hydrogen-bond donors (Lipinski definition) is 1. The Hall–Kier alpha value is -2.30. The summed E-state index contributed by atoms with van der Waals surface area (Å²) in [4.78, 5) is 14.4. The van der Waals surface area contributed by atoms with Gasteiger partial charge in [0.25, 0.3) is 0 Å². The zero-order valence-electron chi connectivity index (χ0n) is 13.7. The van der Waals surface area contributed by atoms with Gasteiger partial charge in [0.15, 0.2) is 0 Å². The number of carbonyl (C=O) groups is 1. The lowest BCUT2D eigenvalue weighted by atomic mass is 10.0. The zero-order valence-corrected chi connectivity index (χ0v) is 13.7. The number of hydrogen-bond acceptors (Lipinski definition) is 3. The van der Waals surface area contributed by atoms with Crippen LogP contribution in [0.25, 0.3) is 0 Å². The van der Waals surface area contributed by atoms with Crippen molar-refractivity contribution in [1.82, 2.24) is 15.4 Å². The van der Waals surface area contributed by atoms with E-state index in [1.165, 1.54) is 5.56 Å². The van der Waals surface area contributed by atoms with E-state index in [0.717, 1.165) is 42.8 Å². The predicted molar refractivity (Wildman–Crippen MR) is 88.2 cm³/mol. The van der Waals surface area contributed by atoms with Crippen LogP contribution < -0.4 is 5.32 Å². The maximum Gasteiger partial charge on any atom is 0.317 e. The second kappa shape index (κ2) is 6.86. The van der Waals surface area contributed by atoms with Gasteiger partial charge in [0, 0.05) is 18.7 Å². The topological polar surface area (TPSA) is 58.4 Å². The molecule has 1 aliphatic rings. The molecule has 1 aromatic carbocycles. The molecule has 0 spiro atoms. The van der Waals surface area contributed by atoms with Gasteiger partial charge in [0.05, 0.1) is 11.7 Å². The lowest BCUT2D eigenvalue weighted by Crippen LogP contribution is -2.40. The van der Waals surface area contributed by atoms with Gasteiger partial charge in [-0.1, -0.05) is 35.5 Å². The van der Waals surface area contributed by atoms with Gasteiger partial charge >= 0.3 is 6.03 Å². The monoisotopic (exact) mass is 313 g/mol. The zero-order chi connectivity index (χ0) is 16.2. The third-order valence-corrected chi connectivity index (χ3v) is 4.47. The van der Waals surface area contributed by atoms with Crippen LogP contribution in [0, 0.1) is 13.8 Å². The minimum absolute atomic E-state index is 0.00318. The molecule has 5 nitrogen and oxygen atoms in total. The number of likely N-dealkylation sites (tertiary alicyclic amines) is 1. The number of aryl methyl sites for hydroxylation is 2. The third-order valence-electron chi connectivity index (χ3n) is 4.47. The quantitative estimate of drug-likeness (QED) is 0.941. The Labute approximate surface area is 136 Å². The molecule has 1 fully saturated rings. The van der Waals surface area contributed by atoms with E-state index in [-0.39, 0.29) is 12.1 Å². The van der Waals surface area contributed by atoms with Crippen molar-refractivity contribution < 1.29 is 9.32 Å². The van der Waals surface area contributed by atoms with E-state index in [0.29, 0.717) is 6.54 Å². The molecule has 1 aliphatic heterocycles. The molecule has 122 valence electrons. The maximum absolute atomic E-state index is 12.5. The first-order valence-electron chi connectivity index (χ1n) is 8.18. The Morgan fingerprint density at radius 1 is 1.35 bits per heavy atom. The van der Waals surface area contributed by atoms with Crippen molar-refractivity contribution in [2.24, 2.45) is 0 Å². The molecule has 3 rings (SSSR count). The third kappa shape index (κ3) is 3.38. The van der Waals surface area contributed by atoms with Crippen molar-refractivity contribution in [3.8, 4) is 0 Å². The molecular formula is C18H23N3O2. The van der Waals surface area contributed by atoms with Crippen molar-refractivity contribution in [2.75, 3.05) is 13.1 Å². The van der Waals surface area contributed by atoms with E-state index in [2.05, 4.69) is 22.6 Å². The first kappa shape index (κ1) is 15.6. The fourth-order valence-corrected chi connectivity index (χ4v) is 3.34. The predicted octanol–water partition coefficient (Wildman–Crippen LogP) is 3.38. The van der Waals surface area contributed by atoms with Crippen molar-refractivity contribution in [1.29, 1.82) is 0 Å². The van der Waals surface area contributed by atoms with E-state index < -0.39 is 0 Å². The molecule has 0 aliphatic carbocycles. The molecule has 0 radical (unpaired) electrons. The fraction of sp³-hybridized carbons (Fsp3) is 0.444. The first-order chi connectivity index (χ1) is 11.2. The molecule has 2 aromatic rings. The molecule has 0 saturated carbocycles. The van der Waals surface area contributed by atoms with Gasteiger partial charge in [-0.25, -0.2) is 4.79 Å². The number of benzene rings is 1. The minimum Gasteiger partial charge on any atom is -0.361 e. The van der Waals surface area contributed by atoms with Gasteiger partial charge in [0.1, 0.15) is 5.76 Å². The fourth-order valence-electron chi connectivity index (χ4n) is 3.34. The second-order valence-corrected chi connectivity index (χ2v) is 6.06. The summed E-state index contributed by atoms with van der Waals surface area (Å²) in [5, 5.41) is 7.06. The lowest BCUT2D eigenvalue weighted by Gasteiger charge is -2.25. The van der Waals surface area contributed by atoms with Gasteiger partial charge in [-0.15, -0.1) is 0 Å². The van der Waals surface area contributed by atoms with Crippen LogP contribution in [-0.4, -0.2) is 29.2 Å². The first-order valence-corrected chi connectivity index (χ1v) is 8.18. The largest absolute Gasteiger partial charge is 0.361 e. The standard InChI is InChI=1S/C18H23N3O2/c1-13-17(14(2)23-20-13)16-9-6-12-21(16)18(22)19-11-10-15-7-4-3-5-8-15/h3-5,7-8,16H,6,9-12H2,1-2H3,(H,19,22). The Morgan fingerprint density at radius 2 is 2.13 bits per heavy atom. The summed E-state index contributed by atoms with van der Waals surface area (Å²) in [5.41, 5.74) is 3.19. The molecule has 1 atom stereocenters. The van der Waals surface area contributed by atoms with Crippen LogP contribution in [0.4, 0.5) is 4.79 Å². The molecule has 1 unspecified atom stereocenters. The smallest absolute Gasteiger partial charge is 0.317 e. The van der Waals surface area contributed by atoms with Crippen LogP contribution >= 0.6 is 0 Å². The molecule has 1 saturated heterocycles. The average molecular weight is 313 g/mol. The van der Waals surface area contributed by atoms with Crippen molar-refractivity contribution >= 4 is 6.03 Å². The van der Waals surface area contributed by atoms with Gasteiger partial charge in [-0.05, 0) is 38.7 Å². The summed E-state index contributed by atoms with van der Waals surface area (Å²) < 4.78 is 5.27. The highest BCUT2D eigenvalue weighted by Gasteiger charge is 2.33. The van der Waals surface area contributed by atoms with Crippen LogP contribution in [0.5, 0.6) is 0 Å². The molecule has 23 heavy (non-hydrogen) atoms. The van der Waals surface area contributed by atoms with Crippen LogP contribution in [-0.2, 0) is 6.42 Å². The van der Waals surface area contributed by atoms with E-state index in [9.17, 15) is 4.79 Å². The maximum atomic E-state index is 12.5. The number of carbonyl (C=O) groups excluding carboxylic acids is 1. The van der Waals surface area contributed by atoms with E-state index in [4.69, 9.17) is 4.52 Å². The summed E-state index contributed by atoms with van der Waals surface area (Å²) in [6.45, 7) is 5.29. The molecule has 5 heteroatoms. The summed E-state index contributed by atoms with van der Waals surface area (Å²) >= 11 is 0. The molecule has 2 heterocycles. The van der Waals surface area contributed by atoms with Gasteiger partial charge in [-0.2, -0.15) is 0 Å². The van der Waals surface area contributed by atoms with E-state index >= 15 is 0 Å². The number of urea groups is 1. The van der Waals surface area contributed by atoms with Gasteiger partial charge in [0.2, 0.25) is 0 Å². The number of nitrogens with zero attached hydrogens (tertiary/aromatic N) is 2. The Balaban J connectivity index is 1.60. The van der Waals surface area contributed by atoms with E-state index in [1.54, 1.807) is 0 Å². The lowest BCUT2D eigenvalue weighted by molar-refractivity contribution is 0.192. The van der Waals surface area contributed by atoms with Crippen LogP contribution in [0.15, 0.2) is 34.9 Å². The van der Waals surface area contributed by atoms with Crippen LogP contribution in [0.1, 0.15) is 41.5 Å². The number of rotatable bonds is 4. The SMILES string of the molecule is Cc1noc(C)c1C1CCCN1C(=O)NCCc1ccccc1. The van der Waals surface area contributed by atoms with Crippen molar-refractivity contribution in [3.05, 3.63) is 52.9 Å². The molecule has 0 bridgehead atoms. The van der Waals surface area contributed by atoms with Gasteiger partial charge < -0.3 is 14.7 Å². The highest BCUT2D eigenvalue weighted by molar-refractivity contribution is 5.75. The second-order valence-electron chi connectivity index (χ2n) is 6.06. The van der Waals surface area contributed by atoms with Crippen molar-refractivity contribution in [3.63, 3.8) is 0 Å². The molecular weight excluding hydrogens is 290 g/mol. The molecule has 1 N–H and O–H groups in total. The van der Waals surface area contributed by atoms with Crippen molar-refractivity contribution in [2.45, 2.75) is 39.2 Å². The summed E-state index contributed by atoms with van der Waals surface area (Å²) in [6, 6.07) is 10.3. The average Bonchev–Trinajstić information content (AvgIpc) is 3.15. The highest BCUT2D eigenvalue weighted by atomic mass is 16.5. The summed E-state index contributed by atoms with van der Waals surface area (Å²) in [5.74, 6) is 0.816. The number of amides is 2. The molecule has 1 aromatic heterocycles. The summed E-state index contributed by atoms with van der Waals surface area (Å²) in [7, 11) is 0. The molecule has 2 amide bonds. The Kier molecular flexibility index (Phi) is 4.65. The highest BCUT2D eigenvalue weighted by Crippen LogP contribution is 2.35. The van der Waals surface area contributed by atoms with Crippen LogP contribution in [0.3, 0.4) is 0 Å². The van der Waals surface area contributed by atoms with Crippen LogP contribution in [0.2, 0.25) is 0 Å².